The molecule has 0 unspecified atom stereocenters. The number of nitrogens with zero attached hydrogens (tertiary/aromatic N) is 2. The van der Waals surface area contributed by atoms with E-state index in [4.69, 9.17) is 5.73 Å². The molecular weight excluding hydrogens is 264 g/mol. The molecule has 0 amide bonds. The van der Waals surface area contributed by atoms with Gasteiger partial charge in [-0.2, -0.15) is 0 Å². The van der Waals surface area contributed by atoms with Crippen LogP contribution in [0.4, 0.5) is 0 Å². The first-order chi connectivity index (χ1) is 4.33. The lowest BCUT2D eigenvalue weighted by atomic mass is 10.4. The van der Waals surface area contributed by atoms with E-state index in [-0.39, 0.29) is 17.0 Å². The van der Waals surface area contributed by atoms with Crippen molar-refractivity contribution < 1.29 is 0 Å². The van der Waals surface area contributed by atoms with Gasteiger partial charge in [0.2, 0.25) is 4.73 Å². The zero-order valence-corrected chi connectivity index (χ0v) is 8.47. The quantitative estimate of drug-likeness (QED) is 0.830. The van der Waals surface area contributed by atoms with Crippen molar-refractivity contribution in [2.24, 2.45) is 5.73 Å². The highest BCUT2D eigenvalue weighted by Gasteiger charge is 1.95. The maximum absolute atomic E-state index is 5.27. The Morgan fingerprint density at radius 1 is 1.60 bits per heavy atom. The molecule has 0 spiro atoms. The van der Waals surface area contributed by atoms with E-state index >= 15 is 0 Å². The minimum absolute atomic E-state index is 0. The average Bonchev–Trinajstić information content (AvgIpc) is 2.17. The molecular formula is C4H8Br2N4. The Hall–Kier alpha value is 0.0600. The second-order valence-electron chi connectivity index (χ2n) is 1.59. The molecule has 0 atom stereocenters. The minimum atomic E-state index is 0. The van der Waals surface area contributed by atoms with E-state index in [1.807, 2.05) is 0 Å². The zero-order valence-electron chi connectivity index (χ0n) is 5.17. The molecule has 1 heterocycles. The highest BCUT2D eigenvalue weighted by atomic mass is 79.9. The van der Waals surface area contributed by atoms with Crippen LogP contribution in [0.1, 0.15) is 5.82 Å². The van der Waals surface area contributed by atoms with E-state index in [2.05, 4.69) is 31.1 Å². The number of hydrogen-bond acceptors (Lipinski definition) is 3. The lowest BCUT2D eigenvalue weighted by Crippen LogP contribution is -2.03. The Labute approximate surface area is 77.5 Å². The Morgan fingerprint density at radius 3 is 2.70 bits per heavy atom. The van der Waals surface area contributed by atoms with Crippen LogP contribution in [0.5, 0.6) is 0 Å². The fourth-order valence-corrected chi connectivity index (χ4v) is 0.823. The number of aromatic amines is 1. The van der Waals surface area contributed by atoms with Crippen LogP contribution in [0, 0.1) is 0 Å². The molecule has 0 aromatic carbocycles. The Balaban J connectivity index is 0.000000810. The van der Waals surface area contributed by atoms with Gasteiger partial charge in [0.05, 0.1) is 0 Å². The van der Waals surface area contributed by atoms with Gasteiger partial charge in [0.1, 0.15) is 5.82 Å². The Bertz CT molecular complexity index is 187. The molecule has 58 valence electrons. The maximum Gasteiger partial charge on any atom is 0.217 e. The van der Waals surface area contributed by atoms with Crippen molar-refractivity contribution in [3.63, 3.8) is 0 Å². The van der Waals surface area contributed by atoms with E-state index in [1.165, 1.54) is 0 Å². The molecule has 10 heavy (non-hydrogen) atoms. The summed E-state index contributed by atoms with van der Waals surface area (Å²) in [6, 6.07) is 0. The van der Waals surface area contributed by atoms with Gasteiger partial charge < -0.3 is 5.73 Å². The molecule has 0 aliphatic rings. The third kappa shape index (κ3) is 2.76. The van der Waals surface area contributed by atoms with Gasteiger partial charge >= 0.3 is 0 Å². The molecule has 0 fully saturated rings. The van der Waals surface area contributed by atoms with Crippen LogP contribution >= 0.6 is 32.9 Å². The van der Waals surface area contributed by atoms with E-state index in [0.717, 1.165) is 12.2 Å². The maximum atomic E-state index is 5.27. The number of H-pyrrole nitrogens is 1. The minimum Gasteiger partial charge on any atom is -0.330 e. The average molecular weight is 272 g/mol. The number of nitrogens with one attached hydrogen (secondary N) is 1. The van der Waals surface area contributed by atoms with Crippen molar-refractivity contribution >= 4 is 32.9 Å². The number of hydrogen-bond donors (Lipinski definition) is 2. The van der Waals surface area contributed by atoms with Crippen LogP contribution in [-0.4, -0.2) is 21.7 Å². The van der Waals surface area contributed by atoms with Gasteiger partial charge in [-0.05, 0) is 22.5 Å². The normalized spacial score (nSPS) is 9.00. The van der Waals surface area contributed by atoms with Crippen molar-refractivity contribution in [1.82, 2.24) is 15.2 Å². The molecule has 0 aliphatic heterocycles. The summed E-state index contributed by atoms with van der Waals surface area (Å²) in [7, 11) is 0. The van der Waals surface area contributed by atoms with Crippen LogP contribution < -0.4 is 5.73 Å². The summed E-state index contributed by atoms with van der Waals surface area (Å²) in [5.74, 6) is 0.823. The summed E-state index contributed by atoms with van der Waals surface area (Å²) >= 11 is 3.11. The molecule has 0 saturated heterocycles. The lowest BCUT2D eigenvalue weighted by molar-refractivity contribution is 0.874. The molecule has 6 heteroatoms. The van der Waals surface area contributed by atoms with Gasteiger partial charge in [-0.25, -0.2) is 4.98 Å². The van der Waals surface area contributed by atoms with E-state index in [0.29, 0.717) is 11.3 Å². The predicted octanol–water partition coefficient (Wildman–Crippen LogP) is 0.646. The summed E-state index contributed by atoms with van der Waals surface area (Å²) in [6.07, 6.45) is 0.749. The Kier molecular flexibility index (Phi) is 4.84. The van der Waals surface area contributed by atoms with Gasteiger partial charge in [-0.1, -0.05) is 0 Å². The summed E-state index contributed by atoms with van der Waals surface area (Å²) in [5, 5.41) is 6.48. The van der Waals surface area contributed by atoms with Crippen molar-refractivity contribution in [2.45, 2.75) is 6.42 Å². The first-order valence-electron chi connectivity index (χ1n) is 2.60. The van der Waals surface area contributed by atoms with Crippen LogP contribution in [0.2, 0.25) is 0 Å². The van der Waals surface area contributed by atoms with Crippen molar-refractivity contribution in [3.05, 3.63) is 10.6 Å². The second kappa shape index (κ2) is 4.81. The predicted molar refractivity (Wildman–Crippen MR) is 47.2 cm³/mol. The third-order valence-corrected chi connectivity index (χ3v) is 1.24. The molecule has 0 radical (unpaired) electrons. The van der Waals surface area contributed by atoms with Crippen LogP contribution in [0.15, 0.2) is 4.73 Å². The van der Waals surface area contributed by atoms with Gasteiger partial charge in [-0.15, -0.1) is 22.1 Å². The number of nitrogens with two attached hydrogens (primary N) is 1. The summed E-state index contributed by atoms with van der Waals surface area (Å²) in [5.41, 5.74) is 5.27. The molecule has 1 aromatic rings. The van der Waals surface area contributed by atoms with Crippen LogP contribution in [0.3, 0.4) is 0 Å². The fraction of sp³-hybridized carbons (Fsp3) is 0.500. The van der Waals surface area contributed by atoms with Gasteiger partial charge in [0.15, 0.2) is 0 Å². The SMILES string of the molecule is Br.NCCc1nc(Br)n[nH]1. The number of rotatable bonds is 2. The van der Waals surface area contributed by atoms with E-state index in [9.17, 15) is 0 Å². The fourth-order valence-electron chi connectivity index (χ4n) is 0.521. The standard InChI is InChI=1S/C4H7BrN4.BrH/c5-4-7-3(1-2-6)8-9-4;/h1-2,6H2,(H,7,8,9);1H. The second-order valence-corrected chi connectivity index (χ2v) is 2.30. The monoisotopic (exact) mass is 270 g/mol. The summed E-state index contributed by atoms with van der Waals surface area (Å²) < 4.78 is 0.589. The van der Waals surface area contributed by atoms with Crippen molar-refractivity contribution in [3.8, 4) is 0 Å². The van der Waals surface area contributed by atoms with Gasteiger partial charge in [-0.3, -0.25) is 5.10 Å². The third-order valence-electron chi connectivity index (χ3n) is 0.886. The first kappa shape index (κ1) is 10.1. The molecule has 0 saturated carbocycles. The lowest BCUT2D eigenvalue weighted by Gasteiger charge is -1.85. The smallest absolute Gasteiger partial charge is 0.217 e. The molecule has 1 rings (SSSR count). The van der Waals surface area contributed by atoms with E-state index in [1.54, 1.807) is 0 Å². The first-order valence-corrected chi connectivity index (χ1v) is 3.39. The van der Waals surface area contributed by atoms with Gasteiger partial charge in [0.25, 0.3) is 0 Å². The number of halogens is 2. The summed E-state index contributed by atoms with van der Waals surface area (Å²) in [6.45, 7) is 0.599. The summed E-state index contributed by atoms with van der Waals surface area (Å²) in [4.78, 5) is 3.97. The zero-order chi connectivity index (χ0) is 6.69. The molecule has 4 nitrogen and oxygen atoms in total. The highest BCUT2D eigenvalue weighted by molar-refractivity contribution is 9.10. The highest BCUT2D eigenvalue weighted by Crippen LogP contribution is 1.99. The topological polar surface area (TPSA) is 67.6 Å². The molecule has 0 bridgehead atoms. The molecule has 3 N–H and O–H groups in total. The van der Waals surface area contributed by atoms with Gasteiger partial charge in [0, 0.05) is 6.42 Å². The Morgan fingerprint density at radius 2 is 2.30 bits per heavy atom. The van der Waals surface area contributed by atoms with Crippen LogP contribution in [0.25, 0.3) is 0 Å². The molecule has 1 aromatic heterocycles. The largest absolute Gasteiger partial charge is 0.330 e. The van der Waals surface area contributed by atoms with Crippen molar-refractivity contribution in [2.75, 3.05) is 6.54 Å². The van der Waals surface area contributed by atoms with Crippen LogP contribution in [-0.2, 0) is 6.42 Å². The molecule has 0 aliphatic carbocycles. The van der Waals surface area contributed by atoms with Crippen molar-refractivity contribution in [1.29, 1.82) is 0 Å². The number of aromatic nitrogens is 3. The van der Waals surface area contributed by atoms with E-state index < -0.39 is 0 Å².